The average Bonchev–Trinajstić information content (AvgIpc) is 2.86. The second-order valence-electron chi connectivity index (χ2n) is 7.54. The predicted molar refractivity (Wildman–Crippen MR) is 120 cm³/mol. The first kappa shape index (κ1) is 25.8. The molecular weight excluding hydrogens is 467 g/mol. The highest BCUT2D eigenvalue weighted by molar-refractivity contribution is 5.91. The number of ether oxygens (including phenoxy) is 2. The Morgan fingerprint density at radius 1 is 0.771 bits per heavy atom. The molecule has 3 rings (SSSR count). The Hall–Kier alpha value is -3.86. The lowest BCUT2D eigenvalue weighted by Gasteiger charge is -2.11. The predicted octanol–water partition coefficient (Wildman–Crippen LogP) is 6.96. The van der Waals surface area contributed by atoms with Crippen molar-refractivity contribution in [3.8, 4) is 23.3 Å². The zero-order valence-electron chi connectivity index (χ0n) is 18.8. The van der Waals surface area contributed by atoms with Crippen LogP contribution < -0.4 is 9.47 Å². The number of hydrogen-bond donors (Lipinski definition) is 0. The van der Waals surface area contributed by atoms with Crippen LogP contribution in [0.25, 0.3) is 0 Å². The van der Waals surface area contributed by atoms with Gasteiger partial charge in [-0.1, -0.05) is 38.0 Å². The third-order valence-corrected chi connectivity index (χ3v) is 4.94. The third kappa shape index (κ3) is 6.60. The van der Waals surface area contributed by atoms with Gasteiger partial charge in [0, 0.05) is 5.56 Å². The van der Waals surface area contributed by atoms with Gasteiger partial charge in [-0.25, -0.2) is 18.0 Å². The monoisotopic (exact) mass is 488 g/mol. The van der Waals surface area contributed by atoms with E-state index in [0.717, 1.165) is 31.4 Å². The molecule has 0 aromatic heterocycles. The maximum atomic E-state index is 14.4. The molecular formula is C27H21F5O3. The molecule has 3 nitrogen and oxygen atoms in total. The van der Waals surface area contributed by atoms with Crippen LogP contribution in [0.1, 0.15) is 54.1 Å². The van der Waals surface area contributed by atoms with E-state index in [1.165, 1.54) is 36.4 Å². The molecule has 0 saturated carbocycles. The largest absolute Gasteiger partial charge is 0.487 e. The van der Waals surface area contributed by atoms with Gasteiger partial charge in [-0.2, -0.15) is 8.78 Å². The van der Waals surface area contributed by atoms with E-state index in [4.69, 9.17) is 9.47 Å². The van der Waals surface area contributed by atoms with Gasteiger partial charge in [-0.3, -0.25) is 0 Å². The van der Waals surface area contributed by atoms with E-state index >= 15 is 0 Å². The lowest BCUT2D eigenvalue weighted by molar-refractivity contribution is 0.0734. The standard InChI is InChI=1S/C27H21F5O3/c1-2-3-4-5-16-34-26-24(31)22(29)21(23(30)25(26)32)15-8-17-6-13-20(14-7-17)35-27(33)18-9-11-19(28)12-10-18/h6-7,9-14H,2-5,16H2,1H3. The number of halogens is 5. The Balaban J connectivity index is 1.72. The van der Waals surface area contributed by atoms with Crippen molar-refractivity contribution >= 4 is 5.97 Å². The maximum absolute atomic E-state index is 14.4. The van der Waals surface area contributed by atoms with E-state index in [-0.39, 0.29) is 23.5 Å². The summed E-state index contributed by atoms with van der Waals surface area (Å²) in [6.45, 7) is 1.92. The number of benzene rings is 3. The van der Waals surface area contributed by atoms with Crippen LogP contribution in [0.4, 0.5) is 22.0 Å². The molecule has 0 N–H and O–H groups in total. The summed E-state index contributed by atoms with van der Waals surface area (Å²) in [5.41, 5.74) is -0.689. The van der Waals surface area contributed by atoms with Gasteiger partial charge in [-0.15, -0.1) is 0 Å². The van der Waals surface area contributed by atoms with E-state index < -0.39 is 46.4 Å². The summed E-state index contributed by atoms with van der Waals surface area (Å²) in [7, 11) is 0. The molecule has 0 aliphatic heterocycles. The van der Waals surface area contributed by atoms with E-state index in [0.29, 0.717) is 6.42 Å². The SMILES string of the molecule is CCCCCCOc1c(F)c(F)c(C#Cc2ccc(OC(=O)c3ccc(F)cc3)cc2)c(F)c1F. The van der Waals surface area contributed by atoms with E-state index in [2.05, 4.69) is 11.8 Å². The van der Waals surface area contributed by atoms with Gasteiger partial charge in [0.15, 0.2) is 17.4 Å². The molecule has 3 aromatic carbocycles. The second kappa shape index (κ2) is 12.0. The average molecular weight is 488 g/mol. The zero-order valence-corrected chi connectivity index (χ0v) is 18.8. The van der Waals surface area contributed by atoms with Crippen LogP contribution in [-0.4, -0.2) is 12.6 Å². The van der Waals surface area contributed by atoms with Crippen LogP contribution in [0.3, 0.4) is 0 Å². The minimum atomic E-state index is -1.65. The summed E-state index contributed by atoms with van der Waals surface area (Å²) >= 11 is 0. The molecule has 0 atom stereocenters. The van der Waals surface area contributed by atoms with Gasteiger partial charge in [0.25, 0.3) is 0 Å². The topological polar surface area (TPSA) is 35.5 Å². The highest BCUT2D eigenvalue weighted by Crippen LogP contribution is 2.30. The molecule has 0 amide bonds. The molecule has 182 valence electrons. The number of rotatable bonds is 8. The summed E-state index contributed by atoms with van der Waals surface area (Å²) in [6, 6.07) is 10.3. The van der Waals surface area contributed by atoms with Gasteiger partial charge < -0.3 is 9.47 Å². The maximum Gasteiger partial charge on any atom is 0.343 e. The van der Waals surface area contributed by atoms with Gasteiger partial charge in [0.05, 0.1) is 12.2 Å². The van der Waals surface area contributed by atoms with Crippen LogP contribution in [-0.2, 0) is 0 Å². The first-order valence-electron chi connectivity index (χ1n) is 10.9. The van der Waals surface area contributed by atoms with Crippen LogP contribution in [0.15, 0.2) is 48.5 Å². The Morgan fingerprint density at radius 3 is 2.00 bits per heavy atom. The van der Waals surface area contributed by atoms with Crippen molar-refractivity contribution in [1.29, 1.82) is 0 Å². The van der Waals surface area contributed by atoms with Crippen molar-refractivity contribution in [2.24, 2.45) is 0 Å². The number of unbranched alkanes of at least 4 members (excludes halogenated alkanes) is 3. The molecule has 0 aliphatic rings. The van der Waals surface area contributed by atoms with Crippen molar-refractivity contribution in [2.75, 3.05) is 6.61 Å². The summed E-state index contributed by atoms with van der Waals surface area (Å²) in [5.74, 6) is -4.25. The number of carbonyl (C=O) groups excluding carboxylic acids is 1. The van der Waals surface area contributed by atoms with Crippen LogP contribution in [0, 0.1) is 40.9 Å². The molecule has 0 unspecified atom stereocenters. The highest BCUT2D eigenvalue weighted by Gasteiger charge is 2.26. The van der Waals surface area contributed by atoms with Crippen molar-refractivity contribution < 1.29 is 36.2 Å². The van der Waals surface area contributed by atoms with Gasteiger partial charge in [0.1, 0.15) is 17.1 Å². The Kier molecular flexibility index (Phi) is 8.85. The van der Waals surface area contributed by atoms with E-state index in [1.54, 1.807) is 0 Å². The van der Waals surface area contributed by atoms with Gasteiger partial charge >= 0.3 is 5.97 Å². The quantitative estimate of drug-likeness (QED) is 0.0859. The molecule has 0 spiro atoms. The van der Waals surface area contributed by atoms with Crippen molar-refractivity contribution in [3.05, 3.63) is 94.3 Å². The molecule has 0 heterocycles. The highest BCUT2D eigenvalue weighted by atomic mass is 19.2. The van der Waals surface area contributed by atoms with E-state index in [1.807, 2.05) is 6.92 Å². The fourth-order valence-electron chi connectivity index (χ4n) is 3.04. The van der Waals surface area contributed by atoms with Crippen molar-refractivity contribution in [2.45, 2.75) is 32.6 Å². The zero-order chi connectivity index (χ0) is 25.4. The minimum Gasteiger partial charge on any atom is -0.487 e. The summed E-state index contributed by atoms with van der Waals surface area (Å²) in [4.78, 5) is 12.1. The second-order valence-corrected chi connectivity index (χ2v) is 7.54. The fraction of sp³-hybridized carbons (Fsp3) is 0.222. The molecule has 35 heavy (non-hydrogen) atoms. The smallest absolute Gasteiger partial charge is 0.343 e. The first-order chi connectivity index (χ1) is 16.8. The molecule has 0 saturated heterocycles. The molecule has 0 bridgehead atoms. The molecule has 0 radical (unpaired) electrons. The van der Waals surface area contributed by atoms with Crippen molar-refractivity contribution in [3.63, 3.8) is 0 Å². The third-order valence-electron chi connectivity index (χ3n) is 4.94. The first-order valence-corrected chi connectivity index (χ1v) is 10.9. The molecule has 8 heteroatoms. The van der Waals surface area contributed by atoms with Crippen molar-refractivity contribution in [1.82, 2.24) is 0 Å². The molecule has 3 aromatic rings. The van der Waals surface area contributed by atoms with Gasteiger partial charge in [-0.05, 0) is 55.0 Å². The van der Waals surface area contributed by atoms with Crippen LogP contribution >= 0.6 is 0 Å². The van der Waals surface area contributed by atoms with E-state index in [9.17, 15) is 26.7 Å². The Morgan fingerprint density at radius 2 is 1.40 bits per heavy atom. The lowest BCUT2D eigenvalue weighted by Crippen LogP contribution is -2.08. The van der Waals surface area contributed by atoms with Crippen LogP contribution in [0.2, 0.25) is 0 Å². The number of carbonyl (C=O) groups is 1. The van der Waals surface area contributed by atoms with Crippen LogP contribution in [0.5, 0.6) is 11.5 Å². The minimum absolute atomic E-state index is 0.0736. The summed E-state index contributed by atoms with van der Waals surface area (Å²) in [6.07, 6.45) is 3.11. The molecule has 0 aliphatic carbocycles. The number of hydrogen-bond acceptors (Lipinski definition) is 3. The molecule has 0 fully saturated rings. The summed E-state index contributed by atoms with van der Waals surface area (Å²) in [5, 5.41) is 0. The van der Waals surface area contributed by atoms with Gasteiger partial charge in [0.2, 0.25) is 11.6 Å². The summed E-state index contributed by atoms with van der Waals surface area (Å²) < 4.78 is 80.4. The lowest BCUT2D eigenvalue weighted by atomic mass is 10.1. The Labute approximate surface area is 199 Å². The normalized spacial score (nSPS) is 10.5. The number of esters is 1. The fourth-order valence-corrected chi connectivity index (χ4v) is 3.04. The Bertz CT molecular complexity index is 1210.